The van der Waals surface area contributed by atoms with E-state index < -0.39 is 60.8 Å². The smallest absolute Gasteiger partial charge is 0.206 e. The van der Waals surface area contributed by atoms with Crippen LogP contribution in [0.5, 0.6) is 0 Å². The van der Waals surface area contributed by atoms with Crippen LogP contribution in [0.2, 0.25) is 0 Å². The van der Waals surface area contributed by atoms with Crippen molar-refractivity contribution in [3.05, 3.63) is 22.8 Å². The van der Waals surface area contributed by atoms with E-state index >= 15 is 0 Å². The first-order valence-electron chi connectivity index (χ1n) is 10.6. The van der Waals surface area contributed by atoms with E-state index in [4.69, 9.17) is 37.9 Å². The van der Waals surface area contributed by atoms with Crippen LogP contribution in [-0.2, 0) is 37.9 Å². The van der Waals surface area contributed by atoms with Crippen LogP contribution in [0, 0.1) is 10.1 Å². The number of hydrogen-bond acceptors (Lipinski definition) is 10. The van der Waals surface area contributed by atoms with Gasteiger partial charge in [0.1, 0.15) is 30.5 Å². The van der Waals surface area contributed by atoms with Crippen LogP contribution < -0.4 is 0 Å². The molecule has 0 N–H and O–H groups in total. The highest BCUT2D eigenvalue weighted by Crippen LogP contribution is 2.42. The highest BCUT2D eigenvalue weighted by atomic mass is 16.9. The second-order valence-electron chi connectivity index (χ2n) is 9.02. The van der Waals surface area contributed by atoms with Crippen LogP contribution in [0.1, 0.15) is 34.1 Å². The zero-order chi connectivity index (χ0) is 22.4. The van der Waals surface area contributed by atoms with E-state index in [-0.39, 0.29) is 24.5 Å². The molecule has 8 atom stereocenters. The van der Waals surface area contributed by atoms with Crippen LogP contribution in [0.4, 0.5) is 0 Å². The molecule has 0 unspecified atom stereocenters. The summed E-state index contributed by atoms with van der Waals surface area (Å²) in [5.74, 6) is -1.59. The summed E-state index contributed by atoms with van der Waals surface area (Å²) < 4.78 is 47.5. The minimum atomic E-state index is -0.825. The van der Waals surface area contributed by atoms with Gasteiger partial charge in [0.2, 0.25) is 6.54 Å². The Labute approximate surface area is 181 Å². The van der Waals surface area contributed by atoms with Crippen LogP contribution in [0.25, 0.3) is 0 Å². The van der Waals surface area contributed by atoms with Gasteiger partial charge in [-0.1, -0.05) is 6.08 Å². The van der Waals surface area contributed by atoms with Crippen LogP contribution in [0.3, 0.4) is 0 Å². The number of nitrogens with zero attached hydrogens (tertiary/aromatic N) is 1. The van der Waals surface area contributed by atoms with Crippen molar-refractivity contribution in [1.82, 2.24) is 0 Å². The Balaban J connectivity index is 1.42. The van der Waals surface area contributed by atoms with E-state index in [1.54, 1.807) is 19.9 Å². The largest absolute Gasteiger partial charge is 0.370 e. The molecule has 0 aromatic carbocycles. The summed E-state index contributed by atoms with van der Waals surface area (Å²) in [5, 5.41) is 10.9. The first-order valence-corrected chi connectivity index (χ1v) is 10.6. The lowest BCUT2D eigenvalue weighted by molar-refractivity contribution is -0.482. The molecular formula is C20H31NO10. The molecule has 0 spiro atoms. The molecule has 11 heteroatoms. The summed E-state index contributed by atoms with van der Waals surface area (Å²) in [7, 11) is 0. The Kier molecular flexibility index (Phi) is 6.41. The fourth-order valence-electron chi connectivity index (χ4n) is 4.48. The topological polar surface area (TPSA) is 117 Å². The molecule has 0 amide bonds. The molecule has 0 aliphatic carbocycles. The van der Waals surface area contributed by atoms with E-state index in [9.17, 15) is 10.1 Å². The van der Waals surface area contributed by atoms with E-state index in [1.807, 2.05) is 13.8 Å². The maximum absolute atomic E-state index is 10.9. The van der Waals surface area contributed by atoms with Crippen molar-refractivity contribution in [3.63, 3.8) is 0 Å². The molecule has 176 valence electrons. The molecule has 4 rings (SSSR count). The van der Waals surface area contributed by atoms with E-state index in [0.29, 0.717) is 6.61 Å². The molecule has 4 heterocycles. The number of hydrogen-bond donors (Lipinski definition) is 0. The van der Waals surface area contributed by atoms with Crippen molar-refractivity contribution in [2.45, 2.75) is 94.9 Å². The van der Waals surface area contributed by atoms with E-state index in [0.717, 1.165) is 0 Å². The van der Waals surface area contributed by atoms with Crippen LogP contribution >= 0.6 is 0 Å². The third-order valence-corrected chi connectivity index (χ3v) is 5.63. The molecule has 4 aliphatic rings. The van der Waals surface area contributed by atoms with Crippen molar-refractivity contribution in [2.75, 3.05) is 19.8 Å². The minimum Gasteiger partial charge on any atom is -0.370 e. The van der Waals surface area contributed by atoms with Crippen molar-refractivity contribution in [1.29, 1.82) is 0 Å². The molecule has 31 heavy (non-hydrogen) atoms. The highest BCUT2D eigenvalue weighted by Gasteiger charge is 2.58. The monoisotopic (exact) mass is 445 g/mol. The Hall–Kier alpha value is -1.18. The van der Waals surface area contributed by atoms with Gasteiger partial charge in [0.25, 0.3) is 0 Å². The molecule has 0 radical (unpaired) electrons. The lowest BCUT2D eigenvalue weighted by Gasteiger charge is -2.29. The highest BCUT2D eigenvalue weighted by molar-refractivity contribution is 4.97. The van der Waals surface area contributed by atoms with Gasteiger partial charge in [-0.05, 0) is 27.7 Å². The van der Waals surface area contributed by atoms with Gasteiger partial charge in [0.05, 0.1) is 19.3 Å². The van der Waals surface area contributed by atoms with Crippen molar-refractivity contribution >= 4 is 0 Å². The number of rotatable bonds is 9. The fourth-order valence-corrected chi connectivity index (χ4v) is 4.48. The summed E-state index contributed by atoms with van der Waals surface area (Å²) in [5.41, 5.74) is 0. The van der Waals surface area contributed by atoms with E-state index in [1.165, 1.54) is 0 Å². The molecule has 4 aliphatic heterocycles. The standard InChI is InChI=1S/C20H31NO10/c1-6-9-24-14-12(27-18-16(14)29-20(4,5)31-18)10-25-13-11(7-8-21(22)23)26-17-15(13)28-19(2,3)30-17/h6,11-18H,1,7-10H2,2-5H3/t11-,12-,13-,14-,15-,16-,17-,18-/m1/s1. The molecular weight excluding hydrogens is 414 g/mol. The van der Waals surface area contributed by atoms with Gasteiger partial charge >= 0.3 is 0 Å². The summed E-state index contributed by atoms with van der Waals surface area (Å²) >= 11 is 0. The van der Waals surface area contributed by atoms with Gasteiger partial charge in [-0.25, -0.2) is 0 Å². The normalized spacial score (nSPS) is 42.5. The molecule has 0 saturated carbocycles. The fraction of sp³-hybridized carbons (Fsp3) is 0.900. The zero-order valence-electron chi connectivity index (χ0n) is 18.3. The number of fused-ring (bicyclic) bond motifs is 2. The Bertz CT molecular complexity index is 685. The van der Waals surface area contributed by atoms with Gasteiger partial charge in [0, 0.05) is 11.3 Å². The Morgan fingerprint density at radius 1 is 0.935 bits per heavy atom. The number of nitro groups is 1. The number of ether oxygens (including phenoxy) is 8. The summed E-state index contributed by atoms with van der Waals surface area (Å²) in [6.07, 6.45) is -2.22. The van der Waals surface area contributed by atoms with Crippen LogP contribution in [0.15, 0.2) is 12.7 Å². The summed E-state index contributed by atoms with van der Waals surface area (Å²) in [6.45, 7) is 11.1. The predicted octanol–water partition coefficient (Wildman–Crippen LogP) is 1.36. The van der Waals surface area contributed by atoms with Crippen molar-refractivity contribution in [3.8, 4) is 0 Å². The lowest BCUT2D eigenvalue weighted by atomic mass is 10.1. The first-order chi connectivity index (χ1) is 14.6. The van der Waals surface area contributed by atoms with Gasteiger partial charge < -0.3 is 37.9 Å². The molecule has 4 saturated heterocycles. The summed E-state index contributed by atoms with van der Waals surface area (Å²) in [4.78, 5) is 10.5. The van der Waals surface area contributed by atoms with Gasteiger partial charge in [-0.15, -0.1) is 6.58 Å². The summed E-state index contributed by atoms with van der Waals surface area (Å²) in [6, 6.07) is 0. The Morgan fingerprint density at radius 2 is 1.48 bits per heavy atom. The van der Waals surface area contributed by atoms with Crippen molar-refractivity contribution < 1.29 is 42.8 Å². The molecule has 0 aromatic rings. The molecule has 0 aromatic heterocycles. The second-order valence-corrected chi connectivity index (χ2v) is 9.02. The average Bonchev–Trinajstić information content (AvgIpc) is 3.31. The third kappa shape index (κ3) is 4.93. The molecule has 0 bridgehead atoms. The lowest BCUT2D eigenvalue weighted by Crippen LogP contribution is -2.43. The quantitative estimate of drug-likeness (QED) is 0.292. The van der Waals surface area contributed by atoms with Gasteiger partial charge in [0.15, 0.2) is 24.2 Å². The van der Waals surface area contributed by atoms with Crippen LogP contribution in [-0.4, -0.2) is 85.5 Å². The van der Waals surface area contributed by atoms with Gasteiger partial charge in [-0.2, -0.15) is 0 Å². The van der Waals surface area contributed by atoms with Crippen molar-refractivity contribution in [2.24, 2.45) is 0 Å². The Morgan fingerprint density at radius 3 is 2.03 bits per heavy atom. The minimum absolute atomic E-state index is 0.151. The van der Waals surface area contributed by atoms with Gasteiger partial charge in [-0.3, -0.25) is 10.1 Å². The SMILES string of the molecule is C=CCO[C@H]1[C@H]2OC(C)(C)O[C@H]2O[C@@H]1CO[C@H]1[C@H]2OC(C)(C)O[C@H]2O[C@@H]1CC[N+](=O)[O-]. The second kappa shape index (κ2) is 8.64. The maximum Gasteiger partial charge on any atom is 0.206 e. The zero-order valence-corrected chi connectivity index (χ0v) is 18.3. The first kappa shape index (κ1) is 23.0. The molecule has 11 nitrogen and oxygen atoms in total. The predicted molar refractivity (Wildman–Crippen MR) is 104 cm³/mol. The molecule has 4 fully saturated rings. The average molecular weight is 445 g/mol. The van der Waals surface area contributed by atoms with E-state index in [2.05, 4.69) is 6.58 Å². The third-order valence-electron chi connectivity index (χ3n) is 5.63. The maximum atomic E-state index is 10.9.